The number of Topliss-reactive ketones (excluding diaryl/α,β-unsaturated/α-hetero) is 1. The van der Waals surface area contributed by atoms with Gasteiger partial charge in [-0.15, -0.1) is 0 Å². The smallest absolute Gasteiger partial charge is 0.237 e. The number of ketones is 1. The van der Waals surface area contributed by atoms with Gasteiger partial charge in [0.15, 0.2) is 18.2 Å². The number of amides is 2. The molecule has 2 saturated carbocycles. The molecule has 176 valence electrons. The number of benzene rings is 2. The van der Waals surface area contributed by atoms with E-state index in [-0.39, 0.29) is 39.8 Å². The van der Waals surface area contributed by atoms with Gasteiger partial charge in [-0.05, 0) is 66.3 Å². The van der Waals surface area contributed by atoms with E-state index in [0.29, 0.717) is 24.2 Å². The monoisotopic (exact) mass is 485 g/mol. The summed E-state index contributed by atoms with van der Waals surface area (Å²) in [6.45, 7) is 1.61. The first-order valence-corrected chi connectivity index (χ1v) is 11.5. The third-order valence-electron chi connectivity index (χ3n) is 7.44. The molecule has 0 saturated heterocycles. The van der Waals surface area contributed by atoms with Crippen LogP contribution in [0.2, 0.25) is 5.02 Å². The molecule has 8 heteroatoms. The molecule has 0 radical (unpaired) electrons. The Kier molecular flexibility index (Phi) is 5.76. The number of rotatable bonds is 7. The van der Waals surface area contributed by atoms with Crippen molar-refractivity contribution in [2.75, 3.05) is 11.5 Å². The fourth-order valence-electron chi connectivity index (χ4n) is 5.66. The zero-order valence-corrected chi connectivity index (χ0v) is 19.0. The average Bonchev–Trinajstić information content (AvgIpc) is 3.63. The van der Waals surface area contributed by atoms with E-state index in [4.69, 9.17) is 16.3 Å². The van der Waals surface area contributed by atoms with Crippen molar-refractivity contribution in [3.05, 3.63) is 70.8 Å². The molecule has 2 bridgehead atoms. The fourth-order valence-corrected chi connectivity index (χ4v) is 5.84. The van der Waals surface area contributed by atoms with Crippen molar-refractivity contribution >= 4 is 35.4 Å². The quantitative estimate of drug-likeness (QED) is 0.312. The SMILES string of the molecule is CC1C2C=CC(C3CC23)C1C(=O)N(C=O)c1ccc(OCC(=O)c2ccc(F)c(Cl)c2)cc1F. The highest BCUT2D eigenvalue weighted by Gasteiger charge is 2.60. The largest absolute Gasteiger partial charge is 0.485 e. The number of nitrogens with zero attached hydrogens (tertiary/aromatic N) is 1. The Morgan fingerprint density at radius 1 is 1.09 bits per heavy atom. The highest BCUT2D eigenvalue weighted by atomic mass is 35.5. The van der Waals surface area contributed by atoms with Crippen LogP contribution in [0.4, 0.5) is 14.5 Å². The molecule has 2 aromatic rings. The number of carbonyl (C=O) groups excluding carboxylic acids is 3. The van der Waals surface area contributed by atoms with Crippen LogP contribution < -0.4 is 9.64 Å². The van der Waals surface area contributed by atoms with Crippen molar-refractivity contribution in [1.82, 2.24) is 0 Å². The Morgan fingerprint density at radius 2 is 1.82 bits per heavy atom. The van der Waals surface area contributed by atoms with E-state index in [9.17, 15) is 23.2 Å². The normalized spacial score (nSPS) is 28.2. The third kappa shape index (κ3) is 3.82. The molecule has 0 heterocycles. The topological polar surface area (TPSA) is 63.7 Å². The molecule has 4 aliphatic rings. The summed E-state index contributed by atoms with van der Waals surface area (Å²) < 4.78 is 33.6. The van der Waals surface area contributed by atoms with Crippen LogP contribution in [0.15, 0.2) is 48.6 Å². The van der Waals surface area contributed by atoms with Crippen LogP contribution in [0.25, 0.3) is 0 Å². The Bertz CT molecular complexity index is 1220. The van der Waals surface area contributed by atoms with Gasteiger partial charge >= 0.3 is 0 Å². The molecular weight excluding hydrogens is 464 g/mol. The maximum atomic E-state index is 14.9. The summed E-state index contributed by atoms with van der Waals surface area (Å²) in [4.78, 5) is 38.3. The van der Waals surface area contributed by atoms with E-state index in [2.05, 4.69) is 12.2 Å². The number of imide groups is 1. The zero-order chi connectivity index (χ0) is 24.1. The van der Waals surface area contributed by atoms with Crippen LogP contribution >= 0.6 is 11.6 Å². The molecule has 0 spiro atoms. The van der Waals surface area contributed by atoms with Crippen LogP contribution in [0.5, 0.6) is 5.75 Å². The molecule has 5 nitrogen and oxygen atoms in total. The van der Waals surface area contributed by atoms with Crippen LogP contribution in [0.1, 0.15) is 23.7 Å². The summed E-state index contributed by atoms with van der Waals surface area (Å²) in [6, 6.07) is 7.25. The molecular formula is C26H22ClF2NO4. The Labute approximate surface area is 200 Å². The van der Waals surface area contributed by atoms with Gasteiger partial charge in [-0.25, -0.2) is 13.7 Å². The van der Waals surface area contributed by atoms with Crippen LogP contribution in [0.3, 0.4) is 0 Å². The summed E-state index contributed by atoms with van der Waals surface area (Å²) in [5.41, 5.74) is -0.00182. The molecule has 0 aliphatic heterocycles. The van der Waals surface area contributed by atoms with E-state index in [1.807, 2.05) is 6.92 Å². The molecule has 2 aromatic carbocycles. The fraction of sp³-hybridized carbons (Fsp3) is 0.346. The van der Waals surface area contributed by atoms with Gasteiger partial charge < -0.3 is 4.74 Å². The lowest BCUT2D eigenvalue weighted by Gasteiger charge is -2.43. The van der Waals surface area contributed by atoms with Gasteiger partial charge in [0.25, 0.3) is 0 Å². The highest BCUT2D eigenvalue weighted by molar-refractivity contribution is 6.31. The number of allylic oxidation sites excluding steroid dienone is 2. The summed E-state index contributed by atoms with van der Waals surface area (Å²) in [6.07, 6.45) is 5.72. The van der Waals surface area contributed by atoms with E-state index >= 15 is 0 Å². The second-order valence-electron chi connectivity index (χ2n) is 9.26. The number of halogens is 3. The standard InChI is InChI=1S/C26H22ClF2NO4/c1-13-16-4-5-17(19-10-18(16)19)25(13)26(33)30(12-31)23-7-3-15(9-22(23)29)34-11-24(32)14-2-6-21(28)20(27)8-14/h2-9,12-13,16-19,25H,10-11H2,1H3. The summed E-state index contributed by atoms with van der Waals surface area (Å²) in [5.74, 6) is -1.04. The lowest BCUT2D eigenvalue weighted by Crippen LogP contribution is -2.48. The van der Waals surface area contributed by atoms with Gasteiger partial charge in [0.1, 0.15) is 11.6 Å². The number of hydrogen-bond donors (Lipinski definition) is 0. The van der Waals surface area contributed by atoms with Crippen molar-refractivity contribution in [3.63, 3.8) is 0 Å². The zero-order valence-electron chi connectivity index (χ0n) is 18.3. The van der Waals surface area contributed by atoms with Crippen molar-refractivity contribution in [2.45, 2.75) is 13.3 Å². The Balaban J connectivity index is 1.29. The number of fused-ring (bicyclic) bond motifs is 1. The molecule has 0 N–H and O–H groups in total. The molecule has 2 amide bonds. The molecule has 4 aliphatic carbocycles. The highest BCUT2D eigenvalue weighted by Crippen LogP contribution is 2.63. The lowest BCUT2D eigenvalue weighted by atomic mass is 9.62. The van der Waals surface area contributed by atoms with Gasteiger partial charge in [-0.1, -0.05) is 30.7 Å². The van der Waals surface area contributed by atoms with Crippen LogP contribution in [-0.2, 0) is 9.59 Å². The summed E-state index contributed by atoms with van der Waals surface area (Å²) in [7, 11) is 0. The number of hydrogen-bond acceptors (Lipinski definition) is 4. The first-order chi connectivity index (χ1) is 16.3. The van der Waals surface area contributed by atoms with Gasteiger partial charge in [0.2, 0.25) is 12.3 Å². The molecule has 6 rings (SSSR count). The predicted molar refractivity (Wildman–Crippen MR) is 122 cm³/mol. The maximum absolute atomic E-state index is 14.9. The summed E-state index contributed by atoms with van der Waals surface area (Å²) >= 11 is 5.70. The minimum atomic E-state index is -0.816. The van der Waals surface area contributed by atoms with E-state index < -0.39 is 29.9 Å². The van der Waals surface area contributed by atoms with Gasteiger partial charge in [0, 0.05) is 17.5 Å². The minimum absolute atomic E-state index is 0.0509. The first-order valence-electron chi connectivity index (χ1n) is 11.2. The molecule has 6 unspecified atom stereocenters. The average molecular weight is 486 g/mol. The summed E-state index contributed by atoms with van der Waals surface area (Å²) in [5, 5.41) is -0.187. The van der Waals surface area contributed by atoms with E-state index in [0.717, 1.165) is 23.5 Å². The van der Waals surface area contributed by atoms with Gasteiger partial charge in [-0.3, -0.25) is 14.4 Å². The van der Waals surface area contributed by atoms with Crippen LogP contribution in [-0.4, -0.2) is 24.7 Å². The van der Waals surface area contributed by atoms with Crippen molar-refractivity contribution in [3.8, 4) is 5.75 Å². The number of anilines is 1. The molecule has 6 atom stereocenters. The van der Waals surface area contributed by atoms with E-state index in [1.54, 1.807) is 0 Å². The molecule has 0 aromatic heterocycles. The van der Waals surface area contributed by atoms with Crippen molar-refractivity contribution in [1.29, 1.82) is 0 Å². The van der Waals surface area contributed by atoms with E-state index in [1.165, 1.54) is 24.3 Å². The Hall–Kier alpha value is -3.06. The van der Waals surface area contributed by atoms with Crippen molar-refractivity contribution in [2.24, 2.45) is 35.5 Å². The van der Waals surface area contributed by atoms with Gasteiger partial charge in [0.05, 0.1) is 10.7 Å². The van der Waals surface area contributed by atoms with Crippen molar-refractivity contribution < 1.29 is 27.9 Å². The third-order valence-corrected chi connectivity index (χ3v) is 7.73. The minimum Gasteiger partial charge on any atom is -0.485 e. The maximum Gasteiger partial charge on any atom is 0.237 e. The number of ether oxygens (including phenoxy) is 1. The molecule has 2 fully saturated rings. The molecule has 34 heavy (non-hydrogen) atoms. The first kappa shape index (κ1) is 22.7. The van der Waals surface area contributed by atoms with Gasteiger partial charge in [-0.2, -0.15) is 0 Å². The number of carbonyl (C=O) groups is 3. The second kappa shape index (κ2) is 8.62. The predicted octanol–water partition coefficient (Wildman–Crippen LogP) is 5.07. The lowest BCUT2D eigenvalue weighted by molar-refractivity contribution is -0.129. The van der Waals surface area contributed by atoms with Crippen LogP contribution in [0, 0.1) is 47.1 Å². The second-order valence-corrected chi connectivity index (χ2v) is 9.66. The Morgan fingerprint density at radius 3 is 2.53 bits per heavy atom.